The van der Waals surface area contributed by atoms with Crippen LogP contribution in [0.2, 0.25) is 0 Å². The summed E-state index contributed by atoms with van der Waals surface area (Å²) in [6.07, 6.45) is 4.34. The number of nitrogens with one attached hydrogen (secondary N) is 1. The molecule has 0 saturated heterocycles. The van der Waals surface area contributed by atoms with Crippen LogP contribution in [0, 0.1) is 0 Å². The highest BCUT2D eigenvalue weighted by Crippen LogP contribution is 2.50. The molecule has 4 heteroatoms. The maximum Gasteiger partial charge on any atom is 0.131 e. The summed E-state index contributed by atoms with van der Waals surface area (Å²) >= 11 is 0. The maximum atomic E-state index is 9.40. The zero-order valence-electron chi connectivity index (χ0n) is 15.9. The quantitative estimate of drug-likeness (QED) is 0.820. The summed E-state index contributed by atoms with van der Waals surface area (Å²) in [5, 5.41) is 12.7. The Hall–Kier alpha value is -1.52. The van der Waals surface area contributed by atoms with Gasteiger partial charge in [-0.25, -0.2) is 0 Å². The molecule has 138 valence electrons. The first-order valence-electron chi connectivity index (χ1n) is 9.47. The third-order valence-electron chi connectivity index (χ3n) is 5.10. The fraction of sp³-hybridized carbons (Fsp3) is 0.619. The van der Waals surface area contributed by atoms with Crippen LogP contribution in [-0.2, 0) is 0 Å². The Morgan fingerprint density at radius 1 is 1.24 bits per heavy atom. The Labute approximate surface area is 151 Å². The van der Waals surface area contributed by atoms with E-state index in [0.29, 0.717) is 13.2 Å². The zero-order valence-corrected chi connectivity index (χ0v) is 15.9. The summed E-state index contributed by atoms with van der Waals surface area (Å²) in [6.45, 7) is 9.34. The molecule has 1 aromatic carbocycles. The molecule has 2 atom stereocenters. The molecule has 0 saturated carbocycles. The van der Waals surface area contributed by atoms with Crippen LogP contribution in [0.1, 0.15) is 58.9 Å². The lowest BCUT2D eigenvalue weighted by Gasteiger charge is -2.40. The predicted molar refractivity (Wildman–Crippen MR) is 101 cm³/mol. The number of hydrogen-bond acceptors (Lipinski definition) is 4. The molecule has 25 heavy (non-hydrogen) atoms. The summed E-state index contributed by atoms with van der Waals surface area (Å²) in [4.78, 5) is 0. The average molecular weight is 345 g/mol. The molecule has 0 amide bonds. The Kier molecular flexibility index (Phi) is 5.40. The minimum atomic E-state index is -0.350. The molecular formula is C21H31NO3. The van der Waals surface area contributed by atoms with Gasteiger partial charge in [0.05, 0.1) is 11.7 Å². The number of aliphatic hydroxyl groups excluding tert-OH is 1. The van der Waals surface area contributed by atoms with Crippen molar-refractivity contribution in [1.29, 1.82) is 0 Å². The van der Waals surface area contributed by atoms with E-state index < -0.39 is 0 Å². The summed E-state index contributed by atoms with van der Waals surface area (Å²) in [7, 11) is 0. The SMILES string of the molecule is CC(O)CNC(C)COc1cccc2c1C1=C(CCCC1)C(C)(C)O2. The number of fused-ring (bicyclic) bond motifs is 2. The molecule has 0 spiro atoms. The van der Waals surface area contributed by atoms with Crippen LogP contribution in [0.4, 0.5) is 0 Å². The molecule has 2 unspecified atom stereocenters. The maximum absolute atomic E-state index is 9.40. The molecule has 3 rings (SSSR count). The number of ether oxygens (including phenoxy) is 2. The average Bonchev–Trinajstić information content (AvgIpc) is 2.57. The van der Waals surface area contributed by atoms with E-state index in [1.165, 1.54) is 24.0 Å². The van der Waals surface area contributed by atoms with Gasteiger partial charge >= 0.3 is 0 Å². The molecule has 1 aliphatic carbocycles. The number of rotatable bonds is 6. The van der Waals surface area contributed by atoms with Crippen molar-refractivity contribution in [3.8, 4) is 11.5 Å². The van der Waals surface area contributed by atoms with E-state index >= 15 is 0 Å². The van der Waals surface area contributed by atoms with E-state index in [-0.39, 0.29) is 17.7 Å². The number of benzene rings is 1. The van der Waals surface area contributed by atoms with E-state index in [1.54, 1.807) is 6.92 Å². The Morgan fingerprint density at radius 3 is 2.76 bits per heavy atom. The van der Waals surface area contributed by atoms with Crippen LogP contribution < -0.4 is 14.8 Å². The Morgan fingerprint density at radius 2 is 2.00 bits per heavy atom. The van der Waals surface area contributed by atoms with Crippen molar-refractivity contribution in [3.05, 3.63) is 29.3 Å². The van der Waals surface area contributed by atoms with Gasteiger partial charge in [0.25, 0.3) is 0 Å². The number of allylic oxidation sites excluding steroid dienone is 1. The second-order valence-electron chi connectivity index (χ2n) is 7.88. The van der Waals surface area contributed by atoms with Crippen LogP contribution in [0.25, 0.3) is 5.57 Å². The second kappa shape index (κ2) is 7.38. The monoisotopic (exact) mass is 345 g/mol. The molecule has 2 N–H and O–H groups in total. The van der Waals surface area contributed by atoms with Gasteiger partial charge in [0.15, 0.2) is 0 Å². The van der Waals surface area contributed by atoms with Gasteiger partial charge in [0.1, 0.15) is 23.7 Å². The lowest BCUT2D eigenvalue weighted by atomic mass is 9.78. The van der Waals surface area contributed by atoms with E-state index in [4.69, 9.17) is 9.47 Å². The minimum Gasteiger partial charge on any atom is -0.491 e. The second-order valence-corrected chi connectivity index (χ2v) is 7.88. The van der Waals surface area contributed by atoms with E-state index in [0.717, 1.165) is 29.9 Å². The molecule has 0 radical (unpaired) electrons. The summed E-state index contributed by atoms with van der Waals surface area (Å²) in [5.74, 6) is 1.85. The summed E-state index contributed by atoms with van der Waals surface area (Å²) in [6, 6.07) is 6.27. The Balaban J connectivity index is 1.82. The lowest BCUT2D eigenvalue weighted by molar-refractivity contribution is 0.136. The van der Waals surface area contributed by atoms with Crippen LogP contribution in [0.3, 0.4) is 0 Å². The van der Waals surface area contributed by atoms with Gasteiger partial charge in [-0.05, 0) is 76.7 Å². The fourth-order valence-electron chi connectivity index (χ4n) is 3.84. The molecule has 1 heterocycles. The van der Waals surface area contributed by atoms with Gasteiger partial charge in [-0.2, -0.15) is 0 Å². The van der Waals surface area contributed by atoms with Gasteiger partial charge in [-0.3, -0.25) is 0 Å². The molecular weight excluding hydrogens is 314 g/mol. The van der Waals surface area contributed by atoms with Gasteiger partial charge in [-0.15, -0.1) is 0 Å². The first-order valence-corrected chi connectivity index (χ1v) is 9.47. The summed E-state index contributed by atoms with van der Waals surface area (Å²) in [5.41, 5.74) is 3.78. The molecule has 1 aliphatic heterocycles. The normalized spacial score (nSPS) is 21.0. The lowest BCUT2D eigenvalue weighted by Crippen LogP contribution is -2.37. The highest BCUT2D eigenvalue weighted by Gasteiger charge is 2.37. The van der Waals surface area contributed by atoms with E-state index in [1.807, 2.05) is 12.1 Å². The third kappa shape index (κ3) is 4.01. The van der Waals surface area contributed by atoms with Gasteiger partial charge in [-0.1, -0.05) is 6.07 Å². The van der Waals surface area contributed by atoms with Crippen LogP contribution >= 0.6 is 0 Å². The topological polar surface area (TPSA) is 50.7 Å². The third-order valence-corrected chi connectivity index (χ3v) is 5.10. The molecule has 0 fully saturated rings. The standard InChI is InChI=1S/C21H31NO3/c1-14(22-12-15(2)23)13-24-18-10-7-11-19-20(18)16-8-5-6-9-17(16)21(3,4)25-19/h7,10-11,14-15,22-23H,5-6,8-9,12-13H2,1-4H3. The zero-order chi connectivity index (χ0) is 18.0. The molecule has 4 nitrogen and oxygen atoms in total. The van der Waals surface area contributed by atoms with E-state index in [2.05, 4.69) is 32.2 Å². The van der Waals surface area contributed by atoms with Crippen molar-refractivity contribution in [2.24, 2.45) is 0 Å². The van der Waals surface area contributed by atoms with Crippen molar-refractivity contribution >= 4 is 5.57 Å². The van der Waals surface area contributed by atoms with Crippen molar-refractivity contribution in [2.45, 2.75) is 71.1 Å². The van der Waals surface area contributed by atoms with Gasteiger partial charge < -0.3 is 19.9 Å². The van der Waals surface area contributed by atoms with E-state index in [9.17, 15) is 5.11 Å². The van der Waals surface area contributed by atoms with Crippen LogP contribution in [0.5, 0.6) is 11.5 Å². The first-order chi connectivity index (χ1) is 11.9. The predicted octanol–water partition coefficient (Wildman–Crippen LogP) is 3.92. The van der Waals surface area contributed by atoms with Crippen LogP contribution in [-0.4, -0.2) is 36.0 Å². The molecule has 0 aromatic heterocycles. The molecule has 2 aliphatic rings. The van der Waals surface area contributed by atoms with Gasteiger partial charge in [0.2, 0.25) is 0 Å². The van der Waals surface area contributed by atoms with Crippen molar-refractivity contribution < 1.29 is 14.6 Å². The fourth-order valence-corrected chi connectivity index (χ4v) is 3.84. The van der Waals surface area contributed by atoms with Crippen molar-refractivity contribution in [3.63, 3.8) is 0 Å². The highest BCUT2D eigenvalue weighted by atomic mass is 16.5. The molecule has 0 bridgehead atoms. The molecule has 1 aromatic rings. The smallest absolute Gasteiger partial charge is 0.131 e. The number of aliphatic hydroxyl groups is 1. The first kappa shape index (κ1) is 18.3. The largest absolute Gasteiger partial charge is 0.491 e. The van der Waals surface area contributed by atoms with Gasteiger partial charge in [0, 0.05) is 12.6 Å². The summed E-state index contributed by atoms with van der Waals surface area (Å²) < 4.78 is 12.5. The van der Waals surface area contributed by atoms with Crippen molar-refractivity contribution in [2.75, 3.05) is 13.2 Å². The van der Waals surface area contributed by atoms with Crippen LogP contribution in [0.15, 0.2) is 23.8 Å². The Bertz CT molecular complexity index is 649. The highest BCUT2D eigenvalue weighted by molar-refractivity contribution is 5.81. The number of hydrogen-bond donors (Lipinski definition) is 2. The van der Waals surface area contributed by atoms with Crippen molar-refractivity contribution in [1.82, 2.24) is 5.32 Å². The minimum absolute atomic E-state index is 0.172.